The van der Waals surface area contributed by atoms with Gasteiger partial charge in [-0.15, -0.1) is 0 Å². The molecular formula is C18H15BrFN5O4. The molecule has 0 aliphatic rings. The van der Waals surface area contributed by atoms with Gasteiger partial charge in [0.25, 0.3) is 0 Å². The van der Waals surface area contributed by atoms with Crippen molar-refractivity contribution in [2.45, 2.75) is 0 Å². The van der Waals surface area contributed by atoms with Crippen LogP contribution in [0.1, 0.15) is 0 Å². The third kappa shape index (κ3) is 4.51. The van der Waals surface area contributed by atoms with E-state index in [4.69, 9.17) is 9.47 Å². The van der Waals surface area contributed by atoms with Gasteiger partial charge in [0.1, 0.15) is 23.6 Å². The van der Waals surface area contributed by atoms with Crippen LogP contribution in [0.5, 0.6) is 11.5 Å². The fourth-order valence-corrected chi connectivity index (χ4v) is 2.82. The molecule has 0 amide bonds. The molecule has 0 fully saturated rings. The van der Waals surface area contributed by atoms with Crippen molar-refractivity contribution < 1.29 is 18.8 Å². The van der Waals surface area contributed by atoms with Crippen LogP contribution in [0.2, 0.25) is 0 Å². The predicted molar refractivity (Wildman–Crippen MR) is 109 cm³/mol. The lowest BCUT2D eigenvalue weighted by molar-refractivity contribution is -0.383. The summed E-state index contributed by atoms with van der Waals surface area (Å²) in [7, 11) is 2.97. The SMILES string of the molecule is COc1ccc(Nc2ncnc(Nc3ccc(Br)cc3F)c2[N+](=O)[O-])c(OC)c1. The van der Waals surface area contributed by atoms with Gasteiger partial charge in [0, 0.05) is 10.5 Å². The summed E-state index contributed by atoms with van der Waals surface area (Å²) >= 11 is 3.16. The molecule has 3 aromatic rings. The predicted octanol–water partition coefficient (Wildman–Crippen LogP) is 4.79. The number of nitrogens with zero attached hydrogens (tertiary/aromatic N) is 3. The molecule has 3 rings (SSSR count). The molecule has 0 aliphatic heterocycles. The quantitative estimate of drug-likeness (QED) is 0.379. The second-order valence-electron chi connectivity index (χ2n) is 5.62. The molecule has 0 saturated heterocycles. The minimum atomic E-state index is -0.655. The van der Waals surface area contributed by atoms with Gasteiger partial charge in [-0.3, -0.25) is 10.1 Å². The van der Waals surface area contributed by atoms with Crippen LogP contribution < -0.4 is 20.1 Å². The Morgan fingerprint density at radius 2 is 1.69 bits per heavy atom. The summed E-state index contributed by atoms with van der Waals surface area (Å²) in [6, 6.07) is 9.17. The topological polar surface area (TPSA) is 111 Å². The van der Waals surface area contributed by atoms with Crippen molar-refractivity contribution in [1.29, 1.82) is 0 Å². The largest absolute Gasteiger partial charge is 0.497 e. The highest BCUT2D eigenvalue weighted by molar-refractivity contribution is 9.10. The third-order valence-electron chi connectivity index (χ3n) is 3.85. The molecule has 0 atom stereocenters. The first-order valence-electron chi connectivity index (χ1n) is 8.13. The van der Waals surface area contributed by atoms with Crippen LogP contribution in [0.25, 0.3) is 0 Å². The molecule has 0 radical (unpaired) electrons. The Bertz CT molecular complexity index is 1070. The number of hydrogen-bond donors (Lipinski definition) is 2. The van der Waals surface area contributed by atoms with Gasteiger partial charge in [-0.1, -0.05) is 15.9 Å². The van der Waals surface area contributed by atoms with Gasteiger partial charge < -0.3 is 20.1 Å². The van der Waals surface area contributed by atoms with Crippen molar-refractivity contribution in [2.75, 3.05) is 24.9 Å². The molecule has 0 saturated carbocycles. The average molecular weight is 464 g/mol. The average Bonchev–Trinajstić information content (AvgIpc) is 2.70. The summed E-state index contributed by atoms with van der Waals surface area (Å²) in [6.07, 6.45) is 1.13. The fourth-order valence-electron chi connectivity index (χ4n) is 2.48. The lowest BCUT2D eigenvalue weighted by atomic mass is 10.2. The van der Waals surface area contributed by atoms with Crippen LogP contribution in [0.3, 0.4) is 0 Å². The molecule has 150 valence electrons. The van der Waals surface area contributed by atoms with E-state index >= 15 is 0 Å². The van der Waals surface area contributed by atoms with E-state index in [-0.39, 0.29) is 17.3 Å². The molecule has 1 aromatic heterocycles. The number of ether oxygens (including phenoxy) is 2. The highest BCUT2D eigenvalue weighted by Crippen LogP contribution is 2.37. The van der Waals surface area contributed by atoms with Crippen molar-refractivity contribution in [1.82, 2.24) is 9.97 Å². The standard InChI is InChI=1S/C18H15BrFN5O4/c1-28-11-4-6-14(15(8-11)29-2)24-18-16(25(26)27)17(21-9-22-18)23-13-5-3-10(19)7-12(13)20/h3-9H,1-2H3,(H2,21,22,23,24). The zero-order valence-corrected chi connectivity index (χ0v) is 16.9. The van der Waals surface area contributed by atoms with Crippen molar-refractivity contribution in [3.05, 3.63) is 63.1 Å². The Balaban J connectivity index is 2.00. The highest BCUT2D eigenvalue weighted by atomic mass is 79.9. The number of aromatic nitrogens is 2. The van der Waals surface area contributed by atoms with E-state index in [1.807, 2.05) is 0 Å². The van der Waals surface area contributed by atoms with Crippen LogP contribution in [-0.2, 0) is 0 Å². The van der Waals surface area contributed by atoms with E-state index in [1.54, 1.807) is 24.3 Å². The lowest BCUT2D eigenvalue weighted by Crippen LogP contribution is -2.06. The maximum absolute atomic E-state index is 14.1. The molecule has 2 N–H and O–H groups in total. The number of benzene rings is 2. The number of rotatable bonds is 7. The van der Waals surface area contributed by atoms with Crippen LogP contribution >= 0.6 is 15.9 Å². The zero-order chi connectivity index (χ0) is 21.0. The minimum Gasteiger partial charge on any atom is -0.497 e. The van der Waals surface area contributed by atoms with Crippen molar-refractivity contribution in [3.63, 3.8) is 0 Å². The molecule has 2 aromatic carbocycles. The Hall–Kier alpha value is -3.47. The van der Waals surface area contributed by atoms with Crippen LogP contribution in [0, 0.1) is 15.9 Å². The van der Waals surface area contributed by atoms with Crippen molar-refractivity contribution in [2.24, 2.45) is 0 Å². The van der Waals surface area contributed by atoms with Gasteiger partial charge in [0.05, 0.1) is 30.5 Å². The van der Waals surface area contributed by atoms with E-state index in [0.29, 0.717) is 21.7 Å². The lowest BCUT2D eigenvalue weighted by Gasteiger charge is -2.13. The van der Waals surface area contributed by atoms with Crippen LogP contribution in [0.15, 0.2) is 47.2 Å². The summed E-state index contributed by atoms with van der Waals surface area (Å²) < 4.78 is 25.1. The Labute approximate surface area is 173 Å². The monoisotopic (exact) mass is 463 g/mol. The van der Waals surface area contributed by atoms with Gasteiger partial charge in [0.15, 0.2) is 0 Å². The van der Waals surface area contributed by atoms with E-state index in [9.17, 15) is 14.5 Å². The maximum atomic E-state index is 14.1. The number of nitrogens with one attached hydrogen (secondary N) is 2. The minimum absolute atomic E-state index is 0.0305. The molecule has 0 aliphatic carbocycles. The Morgan fingerprint density at radius 3 is 2.28 bits per heavy atom. The number of hydrogen-bond acceptors (Lipinski definition) is 8. The number of methoxy groups -OCH3 is 2. The highest BCUT2D eigenvalue weighted by Gasteiger charge is 2.25. The zero-order valence-electron chi connectivity index (χ0n) is 15.3. The molecule has 1 heterocycles. The third-order valence-corrected chi connectivity index (χ3v) is 4.34. The number of nitro groups is 1. The molecule has 0 spiro atoms. The fraction of sp³-hybridized carbons (Fsp3) is 0.111. The van der Waals surface area contributed by atoms with Gasteiger partial charge >= 0.3 is 5.69 Å². The normalized spacial score (nSPS) is 10.3. The maximum Gasteiger partial charge on any atom is 0.353 e. The smallest absolute Gasteiger partial charge is 0.353 e. The summed E-state index contributed by atoms with van der Waals surface area (Å²) in [5.41, 5.74) is 0.00606. The van der Waals surface area contributed by atoms with E-state index in [0.717, 1.165) is 6.33 Å². The first kappa shape index (κ1) is 20.3. The second-order valence-corrected chi connectivity index (χ2v) is 6.53. The summed E-state index contributed by atoms with van der Waals surface area (Å²) in [6.45, 7) is 0. The summed E-state index contributed by atoms with van der Waals surface area (Å²) in [5, 5.41) is 17.2. The first-order valence-corrected chi connectivity index (χ1v) is 8.92. The van der Waals surface area contributed by atoms with Crippen molar-refractivity contribution >= 4 is 44.6 Å². The molecular weight excluding hydrogens is 449 g/mol. The number of anilines is 4. The number of halogens is 2. The van der Waals surface area contributed by atoms with Crippen LogP contribution in [0.4, 0.5) is 33.1 Å². The van der Waals surface area contributed by atoms with Gasteiger partial charge in [-0.25, -0.2) is 14.4 Å². The second kappa shape index (κ2) is 8.69. The van der Waals surface area contributed by atoms with E-state index in [2.05, 4.69) is 36.5 Å². The molecule has 11 heteroatoms. The Kier molecular flexibility index (Phi) is 6.07. The summed E-state index contributed by atoms with van der Waals surface area (Å²) in [4.78, 5) is 18.9. The molecule has 29 heavy (non-hydrogen) atoms. The van der Waals surface area contributed by atoms with E-state index in [1.165, 1.54) is 26.4 Å². The van der Waals surface area contributed by atoms with Gasteiger partial charge in [-0.05, 0) is 30.3 Å². The van der Waals surface area contributed by atoms with Crippen molar-refractivity contribution in [3.8, 4) is 11.5 Å². The molecule has 9 nitrogen and oxygen atoms in total. The first-order chi connectivity index (χ1) is 13.9. The Morgan fingerprint density at radius 1 is 1.03 bits per heavy atom. The van der Waals surface area contributed by atoms with Crippen LogP contribution in [-0.4, -0.2) is 29.1 Å². The van der Waals surface area contributed by atoms with E-state index < -0.39 is 16.4 Å². The molecule has 0 bridgehead atoms. The summed E-state index contributed by atoms with van der Waals surface area (Å²) in [5.74, 6) is 0.0942. The van der Waals surface area contributed by atoms with Gasteiger partial charge in [0.2, 0.25) is 11.6 Å². The molecule has 0 unspecified atom stereocenters. The van der Waals surface area contributed by atoms with Gasteiger partial charge in [-0.2, -0.15) is 0 Å².